The van der Waals surface area contributed by atoms with Crippen molar-refractivity contribution in [2.75, 3.05) is 34.5 Å². The number of nitrogens with one attached hydrogen (secondary N) is 3. The molecule has 0 radical (unpaired) electrons. The van der Waals surface area contributed by atoms with Crippen molar-refractivity contribution in [2.24, 2.45) is 5.10 Å². The van der Waals surface area contributed by atoms with Crippen LogP contribution in [0.5, 0.6) is 23.0 Å². The maximum atomic E-state index is 12.5. The van der Waals surface area contributed by atoms with Crippen molar-refractivity contribution >= 4 is 24.1 Å². The number of carbonyl (C=O) groups is 3. The van der Waals surface area contributed by atoms with Crippen LogP contribution >= 0.6 is 0 Å². The zero-order chi connectivity index (χ0) is 27.7. The zero-order valence-corrected chi connectivity index (χ0v) is 21.7. The van der Waals surface area contributed by atoms with Gasteiger partial charge in [-0.2, -0.15) is 5.10 Å². The molecule has 1 aliphatic heterocycles. The van der Waals surface area contributed by atoms with Crippen LogP contribution in [0.2, 0.25) is 0 Å². The van der Waals surface area contributed by atoms with Crippen molar-refractivity contribution in [2.45, 2.75) is 19.9 Å². The molecule has 3 amide bonds. The Balaban J connectivity index is 1.67. The number of carbonyl (C=O) groups excluding carboxylic acids is 3. The van der Waals surface area contributed by atoms with Crippen molar-refractivity contribution in [3.8, 4) is 23.0 Å². The number of methoxy groups -OCH3 is 3. The van der Waals surface area contributed by atoms with Crippen LogP contribution in [0, 0.1) is 0 Å². The molecule has 0 unspecified atom stereocenters. The Morgan fingerprint density at radius 2 is 1.68 bits per heavy atom. The quantitative estimate of drug-likeness (QED) is 0.230. The van der Waals surface area contributed by atoms with Crippen molar-refractivity contribution in [1.29, 1.82) is 0 Å². The number of hydrazone groups is 1. The monoisotopic (exact) mass is 526 g/mol. The maximum Gasteiger partial charge on any atom is 0.338 e. The van der Waals surface area contributed by atoms with Gasteiger partial charge in [-0.25, -0.2) is 15.0 Å². The summed E-state index contributed by atoms with van der Waals surface area (Å²) in [5.41, 5.74) is 4.31. The Hall–Kier alpha value is -4.74. The summed E-state index contributed by atoms with van der Waals surface area (Å²) in [5.74, 6) is 0.652. The van der Waals surface area contributed by atoms with Crippen LogP contribution in [-0.2, 0) is 14.3 Å². The Morgan fingerprint density at radius 1 is 1.00 bits per heavy atom. The van der Waals surface area contributed by atoms with Crippen LogP contribution in [0.25, 0.3) is 0 Å². The molecule has 0 spiro atoms. The summed E-state index contributed by atoms with van der Waals surface area (Å²) in [6, 6.07) is 8.84. The van der Waals surface area contributed by atoms with Gasteiger partial charge >= 0.3 is 12.0 Å². The van der Waals surface area contributed by atoms with Crippen molar-refractivity contribution in [3.05, 3.63) is 58.8 Å². The van der Waals surface area contributed by atoms with Gasteiger partial charge in [0.1, 0.15) is 0 Å². The van der Waals surface area contributed by atoms with E-state index in [4.69, 9.17) is 23.7 Å². The SMILES string of the molecule is CCOC(=O)C1=C(C)NC(=O)N[C@H]1c1ccc(OCC(=O)N/N=C\c2ccc(OC)c(OC)c2)c(OC)c1. The van der Waals surface area contributed by atoms with Gasteiger partial charge in [0.25, 0.3) is 5.91 Å². The number of rotatable bonds is 11. The highest BCUT2D eigenvalue weighted by molar-refractivity contribution is 5.95. The normalized spacial score (nSPS) is 14.9. The average Bonchev–Trinajstić information content (AvgIpc) is 2.91. The first kappa shape index (κ1) is 27.8. The minimum atomic E-state index is -0.764. The molecule has 12 heteroatoms. The second-order valence-electron chi connectivity index (χ2n) is 7.90. The average molecular weight is 527 g/mol. The lowest BCUT2D eigenvalue weighted by Crippen LogP contribution is -2.45. The lowest BCUT2D eigenvalue weighted by atomic mass is 9.95. The minimum absolute atomic E-state index is 0.187. The molecule has 0 bridgehead atoms. The molecular weight excluding hydrogens is 496 g/mol. The number of hydrogen-bond donors (Lipinski definition) is 3. The van der Waals surface area contributed by atoms with Crippen LogP contribution in [0.3, 0.4) is 0 Å². The molecule has 2 aromatic rings. The van der Waals surface area contributed by atoms with Gasteiger partial charge in [-0.05, 0) is 55.3 Å². The molecule has 0 saturated heterocycles. The van der Waals surface area contributed by atoms with Gasteiger partial charge in [0.15, 0.2) is 29.6 Å². The highest BCUT2D eigenvalue weighted by Gasteiger charge is 2.32. The van der Waals surface area contributed by atoms with Gasteiger partial charge in [-0.15, -0.1) is 0 Å². The highest BCUT2D eigenvalue weighted by Crippen LogP contribution is 2.34. The predicted molar refractivity (Wildman–Crippen MR) is 138 cm³/mol. The number of nitrogens with zero attached hydrogens (tertiary/aromatic N) is 1. The van der Waals surface area contributed by atoms with Gasteiger partial charge in [-0.3, -0.25) is 4.79 Å². The molecule has 202 valence electrons. The van der Waals surface area contributed by atoms with E-state index >= 15 is 0 Å². The molecule has 1 heterocycles. The fourth-order valence-electron chi connectivity index (χ4n) is 3.69. The molecule has 0 fully saturated rings. The smallest absolute Gasteiger partial charge is 0.338 e. The maximum absolute atomic E-state index is 12.5. The summed E-state index contributed by atoms with van der Waals surface area (Å²) < 4.78 is 26.6. The van der Waals surface area contributed by atoms with Crippen LogP contribution < -0.4 is 35.0 Å². The van der Waals surface area contributed by atoms with Gasteiger partial charge < -0.3 is 34.3 Å². The van der Waals surface area contributed by atoms with E-state index in [1.54, 1.807) is 57.4 Å². The van der Waals surface area contributed by atoms with E-state index in [0.717, 1.165) is 0 Å². The molecule has 1 atom stereocenters. The number of amides is 3. The third kappa shape index (κ3) is 6.72. The highest BCUT2D eigenvalue weighted by atomic mass is 16.5. The lowest BCUT2D eigenvalue weighted by molar-refractivity contribution is -0.139. The van der Waals surface area contributed by atoms with E-state index in [-0.39, 0.29) is 24.5 Å². The van der Waals surface area contributed by atoms with E-state index < -0.39 is 23.9 Å². The number of hydrogen-bond acceptors (Lipinski definition) is 9. The van der Waals surface area contributed by atoms with E-state index in [1.165, 1.54) is 20.4 Å². The number of allylic oxidation sites excluding steroid dienone is 1. The van der Waals surface area contributed by atoms with Crippen LogP contribution in [0.4, 0.5) is 4.79 Å². The number of ether oxygens (including phenoxy) is 5. The number of esters is 1. The second kappa shape index (κ2) is 13.0. The molecule has 38 heavy (non-hydrogen) atoms. The second-order valence-corrected chi connectivity index (χ2v) is 7.90. The first-order valence-corrected chi connectivity index (χ1v) is 11.6. The summed E-state index contributed by atoms with van der Waals surface area (Å²) in [7, 11) is 4.50. The molecule has 3 rings (SSSR count). The standard InChI is InChI=1S/C26H30N4O8/c1-6-37-25(32)23-15(2)28-26(33)29-24(23)17-8-10-19(21(12-17)36-5)38-14-22(31)30-27-13-16-7-9-18(34-3)20(11-16)35-4/h7-13,24H,6,14H2,1-5H3,(H,30,31)(H2,28,29,33)/b27-13-/t24-/m0/s1. The molecular formula is C26H30N4O8. The molecule has 0 saturated carbocycles. The summed E-state index contributed by atoms with van der Waals surface area (Å²) in [6.45, 7) is 3.17. The first-order valence-electron chi connectivity index (χ1n) is 11.6. The third-order valence-electron chi connectivity index (χ3n) is 5.45. The van der Waals surface area contributed by atoms with Crippen molar-refractivity contribution < 1.29 is 38.1 Å². The summed E-state index contributed by atoms with van der Waals surface area (Å²) in [4.78, 5) is 36.9. The van der Waals surface area contributed by atoms with Crippen LogP contribution in [0.15, 0.2) is 52.8 Å². The fourth-order valence-corrected chi connectivity index (χ4v) is 3.69. The number of benzene rings is 2. The molecule has 2 aromatic carbocycles. The van der Waals surface area contributed by atoms with Gasteiger partial charge in [0.2, 0.25) is 0 Å². The van der Waals surface area contributed by atoms with Crippen molar-refractivity contribution in [1.82, 2.24) is 16.1 Å². The minimum Gasteiger partial charge on any atom is -0.493 e. The fraction of sp³-hybridized carbons (Fsp3) is 0.308. The largest absolute Gasteiger partial charge is 0.493 e. The Bertz CT molecular complexity index is 1260. The third-order valence-corrected chi connectivity index (χ3v) is 5.45. The molecule has 0 aliphatic carbocycles. The van der Waals surface area contributed by atoms with Gasteiger partial charge in [0.05, 0.1) is 45.8 Å². The Morgan fingerprint density at radius 3 is 2.37 bits per heavy atom. The summed E-state index contributed by atoms with van der Waals surface area (Å²) >= 11 is 0. The molecule has 3 N–H and O–H groups in total. The summed E-state index contributed by atoms with van der Waals surface area (Å²) in [6.07, 6.45) is 1.46. The van der Waals surface area contributed by atoms with Gasteiger partial charge in [0, 0.05) is 5.70 Å². The van der Waals surface area contributed by atoms with Gasteiger partial charge in [-0.1, -0.05) is 6.07 Å². The molecule has 0 aromatic heterocycles. The first-order chi connectivity index (χ1) is 18.3. The topological polar surface area (TPSA) is 146 Å². The van der Waals surface area contributed by atoms with E-state index in [1.807, 2.05) is 0 Å². The molecule has 1 aliphatic rings. The molecule has 12 nitrogen and oxygen atoms in total. The Kier molecular flexibility index (Phi) is 9.52. The van der Waals surface area contributed by atoms with E-state index in [0.29, 0.717) is 34.1 Å². The Labute approximate surface area is 219 Å². The van der Waals surface area contributed by atoms with Crippen LogP contribution in [-0.4, -0.2) is 58.7 Å². The zero-order valence-electron chi connectivity index (χ0n) is 21.7. The summed E-state index contributed by atoms with van der Waals surface area (Å²) in [5, 5.41) is 9.24. The van der Waals surface area contributed by atoms with Crippen molar-refractivity contribution in [3.63, 3.8) is 0 Å². The van der Waals surface area contributed by atoms with Crippen LogP contribution in [0.1, 0.15) is 31.0 Å². The van der Waals surface area contributed by atoms with E-state index in [2.05, 4.69) is 21.2 Å². The van der Waals surface area contributed by atoms with E-state index in [9.17, 15) is 14.4 Å². The predicted octanol–water partition coefficient (Wildman–Crippen LogP) is 2.43. The number of urea groups is 1. The lowest BCUT2D eigenvalue weighted by Gasteiger charge is -2.28.